The van der Waals surface area contributed by atoms with E-state index < -0.39 is 32.9 Å². The molecule has 0 saturated carbocycles. The number of nitrogens with one attached hydrogen (secondary N) is 1. The van der Waals surface area contributed by atoms with E-state index in [0.29, 0.717) is 12.2 Å². The Kier molecular flexibility index (Phi) is 7.29. The Morgan fingerprint density at radius 1 is 1.10 bits per heavy atom. The Bertz CT molecular complexity index is 957. The fraction of sp³-hybridized carbons (Fsp3) is 0.316. The monoisotopic (exact) mass is 422 g/mol. The van der Waals surface area contributed by atoms with E-state index in [0.717, 1.165) is 29.8 Å². The first-order chi connectivity index (χ1) is 13.7. The van der Waals surface area contributed by atoms with Gasteiger partial charge in [0.25, 0.3) is 5.69 Å². The second-order valence-corrected chi connectivity index (χ2v) is 8.12. The third-order valence-electron chi connectivity index (χ3n) is 4.38. The van der Waals surface area contributed by atoms with Crippen LogP contribution in [0.5, 0.6) is 5.75 Å². The van der Waals surface area contributed by atoms with Crippen molar-refractivity contribution in [1.82, 2.24) is 4.72 Å². The average Bonchev–Trinajstić information content (AvgIpc) is 2.72. The number of carbonyl (C=O) groups is 1. The van der Waals surface area contributed by atoms with Crippen molar-refractivity contribution in [2.24, 2.45) is 5.92 Å². The highest BCUT2D eigenvalue weighted by Crippen LogP contribution is 2.20. The molecule has 1 N–H and O–H groups in total. The highest BCUT2D eigenvalue weighted by molar-refractivity contribution is 7.89. The van der Waals surface area contributed by atoms with Crippen LogP contribution in [-0.2, 0) is 26.0 Å². The number of ether oxygens (including phenoxy) is 2. The zero-order valence-corrected chi connectivity index (χ0v) is 17.0. The predicted octanol–water partition coefficient (Wildman–Crippen LogP) is 2.30. The molecule has 0 aliphatic rings. The first-order valence-corrected chi connectivity index (χ1v) is 10.1. The van der Waals surface area contributed by atoms with Crippen LogP contribution < -0.4 is 9.46 Å². The summed E-state index contributed by atoms with van der Waals surface area (Å²) in [5, 5.41) is 10.7. The minimum Gasteiger partial charge on any atom is -0.497 e. The van der Waals surface area contributed by atoms with E-state index in [4.69, 9.17) is 9.47 Å². The first-order valence-electron chi connectivity index (χ1n) is 8.65. The molecule has 9 nitrogen and oxygen atoms in total. The molecule has 0 heterocycles. The lowest BCUT2D eigenvalue weighted by molar-refractivity contribution is -0.384. The molecule has 0 unspecified atom stereocenters. The molecule has 156 valence electrons. The van der Waals surface area contributed by atoms with Gasteiger partial charge in [-0.05, 0) is 42.2 Å². The van der Waals surface area contributed by atoms with Crippen LogP contribution in [0.4, 0.5) is 5.69 Å². The van der Waals surface area contributed by atoms with Gasteiger partial charge >= 0.3 is 5.97 Å². The smallest absolute Gasteiger partial charge is 0.324 e. The summed E-state index contributed by atoms with van der Waals surface area (Å²) in [5.74, 6) is -0.468. The topological polar surface area (TPSA) is 125 Å². The molecule has 29 heavy (non-hydrogen) atoms. The fourth-order valence-corrected chi connectivity index (χ4v) is 4.05. The van der Waals surface area contributed by atoms with E-state index >= 15 is 0 Å². The Labute approximate surface area is 168 Å². The number of benzene rings is 2. The number of methoxy groups -OCH3 is 2. The van der Waals surface area contributed by atoms with Crippen LogP contribution in [0.15, 0.2) is 53.4 Å². The number of hydrogen-bond donors (Lipinski definition) is 1. The van der Waals surface area contributed by atoms with Crippen molar-refractivity contribution in [3.63, 3.8) is 0 Å². The van der Waals surface area contributed by atoms with E-state index in [1.54, 1.807) is 26.2 Å². The molecule has 0 saturated heterocycles. The Morgan fingerprint density at radius 2 is 1.69 bits per heavy atom. The lowest BCUT2D eigenvalue weighted by Gasteiger charge is -2.23. The molecule has 0 aliphatic carbocycles. The van der Waals surface area contributed by atoms with Crippen LogP contribution in [0.3, 0.4) is 0 Å². The first kappa shape index (κ1) is 22.3. The van der Waals surface area contributed by atoms with E-state index in [-0.39, 0.29) is 10.6 Å². The van der Waals surface area contributed by atoms with Gasteiger partial charge in [0.2, 0.25) is 10.0 Å². The summed E-state index contributed by atoms with van der Waals surface area (Å²) in [7, 11) is -1.37. The van der Waals surface area contributed by atoms with E-state index in [1.807, 2.05) is 12.1 Å². The fourth-order valence-electron chi connectivity index (χ4n) is 2.76. The number of nitro benzene ring substituents is 1. The molecule has 10 heteroatoms. The highest BCUT2D eigenvalue weighted by Gasteiger charge is 2.31. The summed E-state index contributed by atoms with van der Waals surface area (Å²) in [6.07, 6.45) is 0.409. The Morgan fingerprint density at radius 3 is 2.17 bits per heavy atom. The van der Waals surface area contributed by atoms with Gasteiger partial charge in [0.05, 0.1) is 24.0 Å². The van der Waals surface area contributed by atoms with E-state index in [9.17, 15) is 23.3 Å². The molecule has 0 fully saturated rings. The minimum atomic E-state index is -4.10. The van der Waals surface area contributed by atoms with Gasteiger partial charge in [0, 0.05) is 12.1 Å². The zero-order valence-electron chi connectivity index (χ0n) is 16.2. The predicted molar refractivity (Wildman–Crippen MR) is 105 cm³/mol. The Balaban J connectivity index is 2.21. The van der Waals surface area contributed by atoms with Crippen molar-refractivity contribution >= 4 is 21.7 Å². The van der Waals surface area contributed by atoms with Crippen molar-refractivity contribution in [1.29, 1.82) is 0 Å². The van der Waals surface area contributed by atoms with Crippen LogP contribution >= 0.6 is 0 Å². The third kappa shape index (κ3) is 5.75. The van der Waals surface area contributed by atoms with E-state index in [2.05, 4.69) is 4.72 Å². The number of non-ortho nitro benzene ring substituents is 1. The number of nitro groups is 1. The van der Waals surface area contributed by atoms with Crippen molar-refractivity contribution in [2.75, 3.05) is 14.2 Å². The maximum Gasteiger partial charge on any atom is 0.324 e. The molecule has 2 aromatic carbocycles. The van der Waals surface area contributed by atoms with Gasteiger partial charge in [0.15, 0.2) is 0 Å². The molecule has 0 amide bonds. The van der Waals surface area contributed by atoms with Crippen LogP contribution in [-0.4, -0.2) is 39.6 Å². The summed E-state index contributed by atoms with van der Waals surface area (Å²) in [4.78, 5) is 22.2. The summed E-state index contributed by atoms with van der Waals surface area (Å²) in [5.41, 5.74) is 0.656. The van der Waals surface area contributed by atoms with Gasteiger partial charge in [-0.25, -0.2) is 8.42 Å². The Hall–Kier alpha value is -2.98. The molecule has 0 radical (unpaired) electrons. The maximum absolute atomic E-state index is 12.7. The SMILES string of the molecule is COC(=O)[C@@H](NS(=O)(=O)c1ccc([N+](=O)[O-])cc1)[C@@H](C)Cc1ccc(OC)cc1. The summed E-state index contributed by atoms with van der Waals surface area (Å²) in [6.45, 7) is 1.73. The number of sulfonamides is 1. The van der Waals surface area contributed by atoms with Crippen LogP contribution in [0.2, 0.25) is 0 Å². The molecule has 2 rings (SSSR count). The molecule has 0 spiro atoms. The quantitative estimate of drug-likeness (QED) is 0.373. The molecule has 2 atom stereocenters. The number of esters is 1. The zero-order chi connectivity index (χ0) is 21.6. The van der Waals surface area contributed by atoms with Crippen molar-refractivity contribution in [2.45, 2.75) is 24.3 Å². The largest absolute Gasteiger partial charge is 0.497 e. The van der Waals surface area contributed by atoms with Crippen LogP contribution in [0, 0.1) is 16.0 Å². The van der Waals surface area contributed by atoms with Gasteiger partial charge < -0.3 is 9.47 Å². The molecule has 0 bridgehead atoms. The standard InChI is InChI=1S/C19H22N2O7S/c1-13(12-14-4-8-16(27-2)9-5-14)18(19(22)28-3)20-29(25,26)17-10-6-15(7-11-17)21(23)24/h4-11,13,18,20H,12H2,1-3H3/t13-,18-/m0/s1. The molecule has 0 aliphatic heterocycles. The molecular formula is C19H22N2O7S. The second-order valence-electron chi connectivity index (χ2n) is 6.40. The summed E-state index contributed by atoms with van der Waals surface area (Å²) < 4.78 is 37.6. The average molecular weight is 422 g/mol. The number of rotatable bonds is 9. The van der Waals surface area contributed by atoms with Gasteiger partial charge in [0.1, 0.15) is 11.8 Å². The third-order valence-corrected chi connectivity index (χ3v) is 5.84. The van der Waals surface area contributed by atoms with Crippen molar-refractivity contribution in [3.05, 3.63) is 64.2 Å². The molecule has 2 aromatic rings. The van der Waals surface area contributed by atoms with Crippen LogP contribution in [0.1, 0.15) is 12.5 Å². The maximum atomic E-state index is 12.7. The molecular weight excluding hydrogens is 400 g/mol. The second kappa shape index (κ2) is 9.48. The highest BCUT2D eigenvalue weighted by atomic mass is 32.2. The normalized spacial score (nSPS) is 13.3. The molecule has 0 aromatic heterocycles. The number of nitrogens with zero attached hydrogens (tertiary/aromatic N) is 1. The lowest BCUT2D eigenvalue weighted by atomic mass is 9.94. The van der Waals surface area contributed by atoms with Gasteiger partial charge in [-0.3, -0.25) is 14.9 Å². The summed E-state index contributed by atoms with van der Waals surface area (Å²) in [6, 6.07) is 10.5. The van der Waals surface area contributed by atoms with Gasteiger partial charge in [-0.2, -0.15) is 4.72 Å². The van der Waals surface area contributed by atoms with Crippen molar-refractivity contribution in [3.8, 4) is 5.75 Å². The summed E-state index contributed by atoms with van der Waals surface area (Å²) >= 11 is 0. The lowest BCUT2D eigenvalue weighted by Crippen LogP contribution is -2.46. The number of hydrogen-bond acceptors (Lipinski definition) is 7. The van der Waals surface area contributed by atoms with Crippen LogP contribution in [0.25, 0.3) is 0 Å². The van der Waals surface area contributed by atoms with E-state index in [1.165, 1.54) is 7.11 Å². The minimum absolute atomic E-state index is 0.186. The van der Waals surface area contributed by atoms with Gasteiger partial charge in [-0.1, -0.05) is 19.1 Å². The van der Waals surface area contributed by atoms with Gasteiger partial charge in [-0.15, -0.1) is 0 Å². The number of carbonyl (C=O) groups excluding carboxylic acids is 1. The van der Waals surface area contributed by atoms with Crippen molar-refractivity contribution < 1.29 is 27.6 Å².